The minimum atomic E-state index is -0.554. The normalized spacial score (nSPS) is 17.9. The summed E-state index contributed by atoms with van der Waals surface area (Å²) in [5.41, 5.74) is 5.75. The third kappa shape index (κ3) is 2.98. The van der Waals surface area contributed by atoms with Gasteiger partial charge in [0.2, 0.25) is 5.91 Å². The van der Waals surface area contributed by atoms with Crippen molar-refractivity contribution >= 4 is 22.4 Å². The fourth-order valence-electron chi connectivity index (χ4n) is 1.98. The second-order valence-electron chi connectivity index (χ2n) is 4.19. The predicted octanol–water partition coefficient (Wildman–Crippen LogP) is -0.235. The molecule has 1 atom stereocenters. The van der Waals surface area contributed by atoms with Gasteiger partial charge in [-0.2, -0.15) is 0 Å². The fourth-order valence-corrected chi connectivity index (χ4v) is 2.67. The number of nitrogens with two attached hydrogens (primary N) is 1. The van der Waals surface area contributed by atoms with Crippen LogP contribution in [0.1, 0.15) is 0 Å². The maximum atomic E-state index is 12.0. The first-order valence-electron chi connectivity index (χ1n) is 5.90. The van der Waals surface area contributed by atoms with Crippen molar-refractivity contribution in [1.29, 1.82) is 0 Å². The SMILES string of the molecule is COCC(N)C(=O)N1CCN(c2nccs2)CC1. The molecule has 7 heteroatoms. The van der Waals surface area contributed by atoms with E-state index in [2.05, 4.69) is 9.88 Å². The molecule has 0 bridgehead atoms. The number of ether oxygens (including phenoxy) is 1. The summed E-state index contributed by atoms with van der Waals surface area (Å²) >= 11 is 1.62. The molecule has 1 unspecified atom stereocenters. The molecule has 2 N–H and O–H groups in total. The number of nitrogens with zero attached hydrogens (tertiary/aromatic N) is 3. The monoisotopic (exact) mass is 270 g/mol. The molecule has 18 heavy (non-hydrogen) atoms. The van der Waals surface area contributed by atoms with E-state index in [1.807, 2.05) is 5.38 Å². The van der Waals surface area contributed by atoms with Crippen LogP contribution in [-0.2, 0) is 9.53 Å². The molecule has 0 aromatic carbocycles. The van der Waals surface area contributed by atoms with Gasteiger partial charge in [-0.1, -0.05) is 0 Å². The Morgan fingerprint density at radius 3 is 2.83 bits per heavy atom. The van der Waals surface area contributed by atoms with Crippen molar-refractivity contribution in [2.75, 3.05) is 44.8 Å². The molecule has 100 valence electrons. The van der Waals surface area contributed by atoms with Crippen molar-refractivity contribution in [2.45, 2.75) is 6.04 Å². The third-order valence-electron chi connectivity index (χ3n) is 2.94. The number of rotatable bonds is 4. The molecule has 1 aliphatic heterocycles. The first-order chi connectivity index (χ1) is 8.72. The Bertz CT molecular complexity index is 376. The van der Waals surface area contributed by atoms with Crippen molar-refractivity contribution in [3.05, 3.63) is 11.6 Å². The molecule has 0 aliphatic carbocycles. The third-order valence-corrected chi connectivity index (χ3v) is 3.78. The summed E-state index contributed by atoms with van der Waals surface area (Å²) in [6.07, 6.45) is 1.80. The number of carbonyl (C=O) groups excluding carboxylic acids is 1. The van der Waals surface area contributed by atoms with E-state index in [1.54, 1.807) is 29.5 Å². The van der Waals surface area contributed by atoms with Gasteiger partial charge in [0.05, 0.1) is 6.61 Å². The minimum absolute atomic E-state index is 0.0318. The van der Waals surface area contributed by atoms with Crippen molar-refractivity contribution < 1.29 is 9.53 Å². The van der Waals surface area contributed by atoms with E-state index in [1.165, 1.54) is 0 Å². The molecule has 1 amide bonds. The number of anilines is 1. The number of carbonyl (C=O) groups is 1. The molecule has 0 spiro atoms. The molecule has 0 saturated carbocycles. The molecular formula is C11H18N4O2S. The van der Waals surface area contributed by atoms with Gasteiger partial charge < -0.3 is 20.3 Å². The highest BCUT2D eigenvalue weighted by Crippen LogP contribution is 2.18. The average Bonchev–Trinajstić information content (AvgIpc) is 2.92. The Morgan fingerprint density at radius 2 is 2.28 bits per heavy atom. The van der Waals surface area contributed by atoms with Gasteiger partial charge in [0.15, 0.2) is 5.13 Å². The van der Waals surface area contributed by atoms with Crippen LogP contribution in [0.4, 0.5) is 5.13 Å². The number of hydrogen-bond donors (Lipinski definition) is 1. The van der Waals surface area contributed by atoms with Gasteiger partial charge in [-0.15, -0.1) is 11.3 Å². The summed E-state index contributed by atoms with van der Waals surface area (Å²) in [4.78, 5) is 20.2. The molecule has 6 nitrogen and oxygen atoms in total. The van der Waals surface area contributed by atoms with Crippen molar-refractivity contribution in [3.8, 4) is 0 Å². The first kappa shape index (κ1) is 13.3. The number of hydrogen-bond acceptors (Lipinski definition) is 6. The zero-order valence-electron chi connectivity index (χ0n) is 10.4. The topological polar surface area (TPSA) is 71.7 Å². The maximum absolute atomic E-state index is 12.0. The molecule has 1 aromatic heterocycles. The second kappa shape index (κ2) is 6.12. The highest BCUT2D eigenvalue weighted by atomic mass is 32.1. The minimum Gasteiger partial charge on any atom is -0.383 e. The van der Waals surface area contributed by atoms with Gasteiger partial charge in [-0.3, -0.25) is 4.79 Å². The molecule has 1 saturated heterocycles. The fraction of sp³-hybridized carbons (Fsp3) is 0.636. The van der Waals surface area contributed by atoms with Crippen LogP contribution in [0.2, 0.25) is 0 Å². The smallest absolute Gasteiger partial charge is 0.241 e. The largest absolute Gasteiger partial charge is 0.383 e. The second-order valence-corrected chi connectivity index (χ2v) is 5.06. The van der Waals surface area contributed by atoms with E-state index in [-0.39, 0.29) is 12.5 Å². The van der Waals surface area contributed by atoms with E-state index in [9.17, 15) is 4.79 Å². The summed E-state index contributed by atoms with van der Waals surface area (Å²) in [7, 11) is 1.55. The van der Waals surface area contributed by atoms with Crippen LogP contribution in [0.25, 0.3) is 0 Å². The Labute approximate surface area is 110 Å². The van der Waals surface area contributed by atoms with Crippen LogP contribution in [-0.4, -0.2) is 61.7 Å². The highest BCUT2D eigenvalue weighted by Gasteiger charge is 2.25. The number of thiazole rings is 1. The summed E-state index contributed by atoms with van der Waals surface area (Å²) in [5, 5.41) is 2.98. The Morgan fingerprint density at radius 1 is 1.56 bits per heavy atom. The Hall–Kier alpha value is -1.18. The Balaban J connectivity index is 1.85. The molecule has 0 radical (unpaired) electrons. The molecule has 1 fully saturated rings. The van der Waals surface area contributed by atoms with Crippen LogP contribution < -0.4 is 10.6 Å². The molecule has 1 aliphatic rings. The van der Waals surface area contributed by atoms with Gasteiger partial charge in [-0.05, 0) is 0 Å². The summed E-state index contributed by atoms with van der Waals surface area (Å²) < 4.78 is 4.90. The lowest BCUT2D eigenvalue weighted by Gasteiger charge is -2.35. The van der Waals surface area contributed by atoms with E-state index in [0.29, 0.717) is 13.1 Å². The summed E-state index contributed by atoms with van der Waals surface area (Å²) in [5.74, 6) is -0.0318. The van der Waals surface area contributed by atoms with Crippen molar-refractivity contribution in [3.63, 3.8) is 0 Å². The lowest BCUT2D eigenvalue weighted by Crippen LogP contribution is -2.54. The zero-order chi connectivity index (χ0) is 13.0. The van der Waals surface area contributed by atoms with Crippen LogP contribution in [0, 0.1) is 0 Å². The van der Waals surface area contributed by atoms with E-state index in [0.717, 1.165) is 18.2 Å². The number of aromatic nitrogens is 1. The zero-order valence-corrected chi connectivity index (χ0v) is 11.2. The van der Waals surface area contributed by atoms with Crippen LogP contribution in [0.3, 0.4) is 0 Å². The van der Waals surface area contributed by atoms with Crippen molar-refractivity contribution in [2.24, 2.45) is 5.73 Å². The summed E-state index contributed by atoms with van der Waals surface area (Å²) in [6.45, 7) is 3.26. The van der Waals surface area contributed by atoms with Gasteiger partial charge in [0, 0.05) is 44.9 Å². The lowest BCUT2D eigenvalue weighted by atomic mass is 10.2. The van der Waals surface area contributed by atoms with Gasteiger partial charge in [0.1, 0.15) is 6.04 Å². The number of methoxy groups -OCH3 is 1. The standard InChI is InChI=1S/C11H18N4O2S/c1-17-8-9(12)10(16)14-3-5-15(6-4-14)11-13-2-7-18-11/h2,7,9H,3-6,8,12H2,1H3. The van der Waals surface area contributed by atoms with Crippen LogP contribution in [0.5, 0.6) is 0 Å². The maximum Gasteiger partial charge on any atom is 0.241 e. The summed E-state index contributed by atoms with van der Waals surface area (Å²) in [6, 6.07) is -0.554. The van der Waals surface area contributed by atoms with Gasteiger partial charge >= 0.3 is 0 Å². The molecule has 1 aromatic rings. The van der Waals surface area contributed by atoms with Crippen LogP contribution >= 0.6 is 11.3 Å². The Kier molecular flexibility index (Phi) is 4.51. The average molecular weight is 270 g/mol. The molecular weight excluding hydrogens is 252 g/mol. The molecule has 2 rings (SSSR count). The lowest BCUT2D eigenvalue weighted by molar-refractivity contribution is -0.134. The molecule has 2 heterocycles. The number of amides is 1. The quantitative estimate of drug-likeness (QED) is 0.818. The van der Waals surface area contributed by atoms with Gasteiger partial charge in [0.25, 0.3) is 0 Å². The van der Waals surface area contributed by atoms with E-state index < -0.39 is 6.04 Å². The predicted molar refractivity (Wildman–Crippen MR) is 70.8 cm³/mol. The highest BCUT2D eigenvalue weighted by molar-refractivity contribution is 7.13. The first-order valence-corrected chi connectivity index (χ1v) is 6.78. The van der Waals surface area contributed by atoms with E-state index >= 15 is 0 Å². The van der Waals surface area contributed by atoms with Gasteiger partial charge in [-0.25, -0.2) is 4.98 Å². The van der Waals surface area contributed by atoms with E-state index in [4.69, 9.17) is 10.5 Å². The van der Waals surface area contributed by atoms with Crippen LogP contribution in [0.15, 0.2) is 11.6 Å². The van der Waals surface area contributed by atoms with Crippen molar-refractivity contribution in [1.82, 2.24) is 9.88 Å². The number of piperazine rings is 1.